The highest BCUT2D eigenvalue weighted by atomic mass is 35.5. The SMILES string of the molecule is O=C(O)CCCCNC(=O)COc1ccc(Cl)c2cccnc12. The molecule has 2 N–H and O–H groups in total. The lowest BCUT2D eigenvalue weighted by molar-refractivity contribution is -0.137. The molecule has 1 aromatic heterocycles. The third kappa shape index (κ3) is 5.10. The number of carboxylic acid groups (broad SMARTS) is 1. The number of unbranched alkanes of at least 4 members (excludes halogenated alkanes) is 1. The Hall–Kier alpha value is -2.34. The Morgan fingerprint density at radius 1 is 1.26 bits per heavy atom. The van der Waals surface area contributed by atoms with Crippen molar-refractivity contribution < 1.29 is 19.4 Å². The Bertz CT molecular complexity index is 706. The third-order valence-electron chi connectivity index (χ3n) is 3.18. The number of rotatable bonds is 8. The van der Waals surface area contributed by atoms with Crippen molar-refractivity contribution in [3.8, 4) is 5.75 Å². The molecule has 0 unspecified atom stereocenters. The molecule has 0 bridgehead atoms. The molecule has 0 radical (unpaired) electrons. The summed E-state index contributed by atoms with van der Waals surface area (Å²) in [6, 6.07) is 6.99. The van der Waals surface area contributed by atoms with E-state index in [-0.39, 0.29) is 18.9 Å². The number of ether oxygens (including phenoxy) is 1. The number of carbonyl (C=O) groups is 2. The molecule has 1 heterocycles. The molecule has 0 aliphatic heterocycles. The highest BCUT2D eigenvalue weighted by Crippen LogP contribution is 2.29. The first-order valence-electron chi connectivity index (χ1n) is 7.22. The van der Waals surface area contributed by atoms with Crippen LogP contribution in [0.15, 0.2) is 30.5 Å². The second kappa shape index (κ2) is 8.33. The second-order valence-electron chi connectivity index (χ2n) is 4.93. The van der Waals surface area contributed by atoms with Crippen LogP contribution in [0.25, 0.3) is 10.9 Å². The number of carbonyl (C=O) groups excluding carboxylic acids is 1. The minimum atomic E-state index is -0.832. The van der Waals surface area contributed by atoms with Crippen LogP contribution in [-0.4, -0.2) is 35.1 Å². The predicted molar refractivity (Wildman–Crippen MR) is 86.7 cm³/mol. The fourth-order valence-corrected chi connectivity index (χ4v) is 2.27. The first-order chi connectivity index (χ1) is 11.1. The molecule has 0 fully saturated rings. The molecule has 0 spiro atoms. The van der Waals surface area contributed by atoms with Crippen LogP contribution < -0.4 is 10.1 Å². The quantitative estimate of drug-likeness (QED) is 0.723. The van der Waals surface area contributed by atoms with Gasteiger partial charge in [-0.2, -0.15) is 0 Å². The summed E-state index contributed by atoms with van der Waals surface area (Å²) in [6.07, 6.45) is 2.88. The number of nitrogens with zero attached hydrogens (tertiary/aromatic N) is 1. The summed E-state index contributed by atoms with van der Waals surface area (Å²) in [5.74, 6) is -0.604. The highest BCUT2D eigenvalue weighted by Gasteiger charge is 2.09. The molecule has 0 saturated carbocycles. The average Bonchev–Trinajstić information content (AvgIpc) is 2.54. The van der Waals surface area contributed by atoms with Crippen molar-refractivity contribution in [3.05, 3.63) is 35.5 Å². The van der Waals surface area contributed by atoms with Crippen LogP contribution in [0.2, 0.25) is 5.02 Å². The lowest BCUT2D eigenvalue weighted by Gasteiger charge is -2.10. The summed E-state index contributed by atoms with van der Waals surface area (Å²) in [5.41, 5.74) is 0.606. The van der Waals surface area contributed by atoms with Crippen molar-refractivity contribution in [1.82, 2.24) is 10.3 Å². The van der Waals surface area contributed by atoms with E-state index in [1.54, 1.807) is 24.4 Å². The van der Waals surface area contributed by atoms with Crippen molar-refractivity contribution in [2.75, 3.05) is 13.2 Å². The number of amides is 1. The van der Waals surface area contributed by atoms with E-state index in [9.17, 15) is 9.59 Å². The average molecular weight is 337 g/mol. The van der Waals surface area contributed by atoms with Crippen LogP contribution in [0.3, 0.4) is 0 Å². The van der Waals surface area contributed by atoms with Gasteiger partial charge in [0.2, 0.25) is 0 Å². The van der Waals surface area contributed by atoms with E-state index in [2.05, 4.69) is 10.3 Å². The standard InChI is InChI=1S/C16H17ClN2O4/c17-12-6-7-13(16-11(12)4-3-9-19-16)23-10-14(20)18-8-2-1-5-15(21)22/h3-4,6-7,9H,1-2,5,8,10H2,(H,18,20)(H,21,22). The number of carboxylic acids is 1. The molecular weight excluding hydrogens is 320 g/mol. The van der Waals surface area contributed by atoms with E-state index >= 15 is 0 Å². The van der Waals surface area contributed by atoms with E-state index in [0.29, 0.717) is 35.7 Å². The normalized spacial score (nSPS) is 10.5. The van der Waals surface area contributed by atoms with Crippen molar-refractivity contribution >= 4 is 34.4 Å². The van der Waals surface area contributed by atoms with Crippen LogP contribution in [-0.2, 0) is 9.59 Å². The van der Waals surface area contributed by atoms with E-state index in [1.165, 1.54) is 0 Å². The van der Waals surface area contributed by atoms with Gasteiger partial charge in [0, 0.05) is 24.5 Å². The van der Waals surface area contributed by atoms with Crippen LogP contribution in [0.1, 0.15) is 19.3 Å². The summed E-state index contributed by atoms with van der Waals surface area (Å²) in [5, 5.41) is 12.5. The molecule has 0 aliphatic rings. The number of benzene rings is 1. The van der Waals surface area contributed by atoms with Gasteiger partial charge in [0.1, 0.15) is 11.3 Å². The Balaban J connectivity index is 1.83. The van der Waals surface area contributed by atoms with Crippen molar-refractivity contribution in [1.29, 1.82) is 0 Å². The van der Waals surface area contributed by atoms with Gasteiger partial charge in [-0.3, -0.25) is 14.6 Å². The van der Waals surface area contributed by atoms with Gasteiger partial charge in [0.15, 0.2) is 6.61 Å². The van der Waals surface area contributed by atoms with Gasteiger partial charge in [-0.15, -0.1) is 0 Å². The number of halogens is 1. The van der Waals surface area contributed by atoms with E-state index < -0.39 is 5.97 Å². The van der Waals surface area contributed by atoms with Crippen LogP contribution >= 0.6 is 11.6 Å². The molecule has 122 valence electrons. The summed E-state index contributed by atoms with van der Waals surface area (Å²) in [4.78, 5) is 26.3. The van der Waals surface area contributed by atoms with Gasteiger partial charge in [-0.05, 0) is 37.1 Å². The molecule has 0 aliphatic carbocycles. The zero-order chi connectivity index (χ0) is 16.7. The molecule has 0 saturated heterocycles. The molecule has 1 aromatic carbocycles. The zero-order valence-corrected chi connectivity index (χ0v) is 13.2. The molecular formula is C16H17ClN2O4. The van der Waals surface area contributed by atoms with E-state index in [1.807, 2.05) is 6.07 Å². The minimum absolute atomic E-state index is 0.106. The van der Waals surface area contributed by atoms with Gasteiger partial charge < -0.3 is 15.2 Å². The molecule has 23 heavy (non-hydrogen) atoms. The summed E-state index contributed by atoms with van der Waals surface area (Å²) >= 11 is 6.10. The molecule has 6 nitrogen and oxygen atoms in total. The topological polar surface area (TPSA) is 88.5 Å². The zero-order valence-electron chi connectivity index (χ0n) is 12.4. The number of hydrogen-bond acceptors (Lipinski definition) is 4. The van der Waals surface area contributed by atoms with Gasteiger partial charge in [-0.25, -0.2) is 0 Å². The summed E-state index contributed by atoms with van der Waals surface area (Å²) in [6.45, 7) is 0.293. The Morgan fingerprint density at radius 2 is 2.09 bits per heavy atom. The number of fused-ring (bicyclic) bond motifs is 1. The lowest BCUT2D eigenvalue weighted by Crippen LogP contribution is -2.29. The van der Waals surface area contributed by atoms with Gasteiger partial charge in [0.05, 0.1) is 5.02 Å². The third-order valence-corrected chi connectivity index (χ3v) is 3.51. The molecule has 7 heteroatoms. The lowest BCUT2D eigenvalue weighted by atomic mass is 10.2. The van der Waals surface area contributed by atoms with Crippen LogP contribution in [0.4, 0.5) is 0 Å². The number of hydrogen-bond donors (Lipinski definition) is 2. The maximum absolute atomic E-state index is 11.7. The minimum Gasteiger partial charge on any atom is -0.481 e. The Morgan fingerprint density at radius 3 is 2.87 bits per heavy atom. The van der Waals surface area contributed by atoms with Gasteiger partial charge >= 0.3 is 5.97 Å². The molecule has 2 aromatic rings. The Kier molecular flexibility index (Phi) is 6.17. The van der Waals surface area contributed by atoms with Crippen molar-refractivity contribution in [3.63, 3.8) is 0 Å². The summed E-state index contributed by atoms with van der Waals surface area (Å²) < 4.78 is 5.50. The monoisotopic (exact) mass is 336 g/mol. The first-order valence-corrected chi connectivity index (χ1v) is 7.60. The molecule has 2 rings (SSSR count). The fraction of sp³-hybridized carbons (Fsp3) is 0.312. The van der Waals surface area contributed by atoms with Crippen molar-refractivity contribution in [2.24, 2.45) is 0 Å². The van der Waals surface area contributed by atoms with Crippen molar-refractivity contribution in [2.45, 2.75) is 19.3 Å². The smallest absolute Gasteiger partial charge is 0.303 e. The van der Waals surface area contributed by atoms with E-state index in [4.69, 9.17) is 21.4 Å². The Labute approximate surface area is 138 Å². The number of aliphatic carboxylic acids is 1. The fourth-order valence-electron chi connectivity index (χ4n) is 2.05. The highest BCUT2D eigenvalue weighted by molar-refractivity contribution is 6.35. The number of pyridine rings is 1. The van der Waals surface area contributed by atoms with Gasteiger partial charge in [0.25, 0.3) is 5.91 Å². The second-order valence-corrected chi connectivity index (χ2v) is 5.34. The molecule has 1 amide bonds. The first kappa shape index (κ1) is 17.0. The van der Waals surface area contributed by atoms with E-state index in [0.717, 1.165) is 5.39 Å². The van der Waals surface area contributed by atoms with Gasteiger partial charge in [-0.1, -0.05) is 11.6 Å². The maximum atomic E-state index is 11.7. The predicted octanol–water partition coefficient (Wildman–Crippen LogP) is 2.64. The van der Waals surface area contributed by atoms with Crippen LogP contribution in [0.5, 0.6) is 5.75 Å². The largest absolute Gasteiger partial charge is 0.481 e. The summed E-state index contributed by atoms with van der Waals surface area (Å²) in [7, 11) is 0. The maximum Gasteiger partial charge on any atom is 0.303 e. The van der Waals surface area contributed by atoms with Crippen LogP contribution in [0, 0.1) is 0 Å². The molecule has 0 atom stereocenters. The number of nitrogens with one attached hydrogen (secondary N) is 1. The number of aromatic nitrogens is 1.